The third kappa shape index (κ3) is 2.22. The number of nitrogens with two attached hydrogens (primary N) is 1. The molecule has 5 heteroatoms. The topological polar surface area (TPSA) is 68.2 Å². The van der Waals surface area contributed by atoms with E-state index in [1.807, 2.05) is 18.2 Å². The summed E-state index contributed by atoms with van der Waals surface area (Å²) in [4.78, 5) is 11.0. The molecule has 94 valence electrons. The predicted molar refractivity (Wildman–Crippen MR) is 69.2 cm³/mol. The smallest absolute Gasteiger partial charge is 0.226 e. The summed E-state index contributed by atoms with van der Waals surface area (Å²) in [6, 6.07) is 5.82. The molecule has 1 unspecified atom stereocenters. The summed E-state index contributed by atoms with van der Waals surface area (Å²) in [5.41, 5.74) is 6.79. The molecule has 1 aliphatic heterocycles. The highest BCUT2D eigenvalue weighted by Crippen LogP contribution is 2.21. The Kier molecular flexibility index (Phi) is 2.98. The fourth-order valence-corrected chi connectivity index (χ4v) is 2.25. The van der Waals surface area contributed by atoms with Crippen molar-refractivity contribution in [2.24, 2.45) is 5.73 Å². The fourth-order valence-electron chi connectivity index (χ4n) is 2.25. The Morgan fingerprint density at radius 1 is 1.39 bits per heavy atom. The number of piperidine rings is 1. The van der Waals surface area contributed by atoms with Crippen molar-refractivity contribution in [3.63, 3.8) is 0 Å². The molecular formula is C13H16N4O. The standard InChI is InChI=1S/C13H16N4O/c14-10-3-1-7-17(9-10)13-15-6-5-11(16-13)12-4-2-8-18-12/h2,4-6,8,10H,1,3,7,9,14H2. The molecular weight excluding hydrogens is 228 g/mol. The van der Waals surface area contributed by atoms with Crippen LogP contribution in [0.1, 0.15) is 12.8 Å². The minimum absolute atomic E-state index is 0.217. The minimum Gasteiger partial charge on any atom is -0.463 e. The lowest BCUT2D eigenvalue weighted by Gasteiger charge is -2.30. The molecule has 0 bridgehead atoms. The van der Waals surface area contributed by atoms with Crippen LogP contribution in [0.3, 0.4) is 0 Å². The Balaban J connectivity index is 1.86. The van der Waals surface area contributed by atoms with Gasteiger partial charge in [0.2, 0.25) is 5.95 Å². The molecule has 0 aromatic carbocycles. The molecule has 1 fully saturated rings. The second-order valence-corrected chi connectivity index (χ2v) is 4.57. The molecule has 1 aliphatic rings. The summed E-state index contributed by atoms with van der Waals surface area (Å²) in [7, 11) is 0. The van der Waals surface area contributed by atoms with Crippen LogP contribution in [0.25, 0.3) is 11.5 Å². The van der Waals surface area contributed by atoms with Crippen molar-refractivity contribution < 1.29 is 4.42 Å². The van der Waals surface area contributed by atoms with Crippen molar-refractivity contribution in [2.45, 2.75) is 18.9 Å². The summed E-state index contributed by atoms with van der Waals surface area (Å²) >= 11 is 0. The van der Waals surface area contributed by atoms with Gasteiger partial charge in [-0.15, -0.1) is 0 Å². The highest BCUT2D eigenvalue weighted by atomic mass is 16.3. The first-order valence-corrected chi connectivity index (χ1v) is 6.20. The molecule has 5 nitrogen and oxygen atoms in total. The van der Waals surface area contributed by atoms with E-state index < -0.39 is 0 Å². The van der Waals surface area contributed by atoms with Crippen molar-refractivity contribution in [1.82, 2.24) is 9.97 Å². The van der Waals surface area contributed by atoms with Gasteiger partial charge in [0, 0.05) is 25.3 Å². The fraction of sp³-hybridized carbons (Fsp3) is 0.385. The van der Waals surface area contributed by atoms with E-state index in [1.54, 1.807) is 12.5 Å². The molecule has 0 saturated carbocycles. The first-order valence-electron chi connectivity index (χ1n) is 6.20. The number of furan rings is 1. The van der Waals surface area contributed by atoms with E-state index in [4.69, 9.17) is 10.2 Å². The predicted octanol–water partition coefficient (Wildman–Crippen LogP) is 1.66. The Hall–Kier alpha value is -1.88. The number of anilines is 1. The summed E-state index contributed by atoms with van der Waals surface area (Å²) in [6.07, 6.45) is 5.58. The van der Waals surface area contributed by atoms with Gasteiger partial charge in [-0.2, -0.15) is 0 Å². The molecule has 0 aliphatic carbocycles. The maximum Gasteiger partial charge on any atom is 0.226 e. The van der Waals surface area contributed by atoms with Crippen LogP contribution in [0.4, 0.5) is 5.95 Å². The highest BCUT2D eigenvalue weighted by Gasteiger charge is 2.19. The van der Waals surface area contributed by atoms with E-state index in [-0.39, 0.29) is 6.04 Å². The van der Waals surface area contributed by atoms with Crippen molar-refractivity contribution in [2.75, 3.05) is 18.0 Å². The van der Waals surface area contributed by atoms with Crippen LogP contribution in [0.5, 0.6) is 0 Å². The van der Waals surface area contributed by atoms with Gasteiger partial charge >= 0.3 is 0 Å². The second kappa shape index (κ2) is 4.78. The largest absolute Gasteiger partial charge is 0.463 e. The SMILES string of the molecule is NC1CCCN(c2nccc(-c3ccco3)n2)C1. The van der Waals surface area contributed by atoms with Gasteiger partial charge in [0.15, 0.2) is 5.76 Å². The molecule has 1 saturated heterocycles. The summed E-state index contributed by atoms with van der Waals surface area (Å²) < 4.78 is 5.35. The Labute approximate surface area is 106 Å². The monoisotopic (exact) mass is 244 g/mol. The zero-order valence-electron chi connectivity index (χ0n) is 10.1. The van der Waals surface area contributed by atoms with E-state index >= 15 is 0 Å². The van der Waals surface area contributed by atoms with Crippen molar-refractivity contribution >= 4 is 5.95 Å². The molecule has 1 atom stereocenters. The average Bonchev–Trinajstić information content (AvgIpc) is 2.93. The molecule has 0 radical (unpaired) electrons. The maximum atomic E-state index is 5.98. The van der Waals surface area contributed by atoms with Gasteiger partial charge in [-0.3, -0.25) is 0 Å². The van der Waals surface area contributed by atoms with Crippen molar-refractivity contribution in [1.29, 1.82) is 0 Å². The van der Waals surface area contributed by atoms with Gasteiger partial charge in [-0.25, -0.2) is 9.97 Å². The molecule has 18 heavy (non-hydrogen) atoms. The number of nitrogens with zero attached hydrogens (tertiary/aromatic N) is 3. The summed E-state index contributed by atoms with van der Waals surface area (Å²) in [5.74, 6) is 1.50. The van der Waals surface area contributed by atoms with Crippen LogP contribution >= 0.6 is 0 Å². The number of hydrogen-bond donors (Lipinski definition) is 1. The van der Waals surface area contributed by atoms with E-state index in [9.17, 15) is 0 Å². The first kappa shape index (κ1) is 11.2. The average molecular weight is 244 g/mol. The highest BCUT2D eigenvalue weighted by molar-refractivity contribution is 5.53. The van der Waals surface area contributed by atoms with Gasteiger partial charge in [-0.05, 0) is 31.0 Å². The Bertz CT molecular complexity index is 511. The van der Waals surface area contributed by atoms with Crippen LogP contribution in [-0.4, -0.2) is 29.1 Å². The lowest BCUT2D eigenvalue weighted by atomic mass is 10.1. The molecule has 3 heterocycles. The normalized spacial score (nSPS) is 20.1. The van der Waals surface area contributed by atoms with E-state index in [0.717, 1.165) is 43.3 Å². The van der Waals surface area contributed by atoms with Gasteiger partial charge in [-0.1, -0.05) is 0 Å². The number of aromatic nitrogens is 2. The zero-order valence-corrected chi connectivity index (χ0v) is 10.1. The van der Waals surface area contributed by atoms with Crippen LogP contribution in [0.2, 0.25) is 0 Å². The van der Waals surface area contributed by atoms with E-state index in [1.165, 1.54) is 0 Å². The van der Waals surface area contributed by atoms with Crippen LogP contribution < -0.4 is 10.6 Å². The molecule has 2 aromatic rings. The van der Waals surface area contributed by atoms with Crippen LogP contribution in [0, 0.1) is 0 Å². The number of hydrogen-bond acceptors (Lipinski definition) is 5. The van der Waals surface area contributed by atoms with Gasteiger partial charge in [0.05, 0.1) is 6.26 Å². The third-order valence-corrected chi connectivity index (χ3v) is 3.16. The van der Waals surface area contributed by atoms with Gasteiger partial charge in [0.25, 0.3) is 0 Å². The van der Waals surface area contributed by atoms with E-state index in [0.29, 0.717) is 0 Å². The molecule has 0 spiro atoms. The van der Waals surface area contributed by atoms with Crippen molar-refractivity contribution in [3.05, 3.63) is 30.7 Å². The third-order valence-electron chi connectivity index (χ3n) is 3.16. The number of rotatable bonds is 2. The van der Waals surface area contributed by atoms with Gasteiger partial charge < -0.3 is 15.1 Å². The molecule has 2 N–H and O–H groups in total. The van der Waals surface area contributed by atoms with Gasteiger partial charge in [0.1, 0.15) is 5.69 Å². The minimum atomic E-state index is 0.217. The summed E-state index contributed by atoms with van der Waals surface area (Å²) in [5, 5.41) is 0. The van der Waals surface area contributed by atoms with Crippen molar-refractivity contribution in [3.8, 4) is 11.5 Å². The van der Waals surface area contributed by atoms with Crippen LogP contribution in [0.15, 0.2) is 35.1 Å². The van der Waals surface area contributed by atoms with E-state index in [2.05, 4.69) is 14.9 Å². The Morgan fingerprint density at radius 3 is 3.11 bits per heavy atom. The van der Waals surface area contributed by atoms with Crippen LogP contribution in [-0.2, 0) is 0 Å². The molecule has 3 rings (SSSR count). The zero-order chi connectivity index (χ0) is 12.4. The molecule has 2 aromatic heterocycles. The lowest BCUT2D eigenvalue weighted by molar-refractivity contribution is 0.499. The summed E-state index contributed by atoms with van der Waals surface area (Å²) in [6.45, 7) is 1.79. The Morgan fingerprint density at radius 2 is 2.33 bits per heavy atom. The lowest BCUT2D eigenvalue weighted by Crippen LogP contribution is -2.43. The quantitative estimate of drug-likeness (QED) is 0.870. The maximum absolute atomic E-state index is 5.98. The first-order chi connectivity index (χ1) is 8.83. The molecule has 0 amide bonds. The second-order valence-electron chi connectivity index (χ2n) is 4.57.